The van der Waals surface area contributed by atoms with Gasteiger partial charge >= 0.3 is 0 Å². The third kappa shape index (κ3) is 1.32. The Hall–Kier alpha value is -1.65. The SMILES string of the molecule is CCCc1cc(=O)[nH]c2ncnn12. The van der Waals surface area contributed by atoms with Gasteiger partial charge in [0.25, 0.3) is 5.56 Å². The fourth-order valence-electron chi connectivity index (χ4n) is 1.33. The van der Waals surface area contributed by atoms with E-state index in [1.807, 2.05) is 0 Å². The number of hydrogen-bond acceptors (Lipinski definition) is 3. The summed E-state index contributed by atoms with van der Waals surface area (Å²) in [6.07, 6.45) is 3.26. The molecular weight excluding hydrogens is 168 g/mol. The molecule has 0 aliphatic carbocycles. The first-order chi connectivity index (χ1) is 6.31. The van der Waals surface area contributed by atoms with E-state index in [9.17, 15) is 4.79 Å². The first kappa shape index (κ1) is 7.97. The number of aryl methyl sites for hydroxylation is 1. The van der Waals surface area contributed by atoms with Crippen molar-refractivity contribution in [2.75, 3.05) is 0 Å². The van der Waals surface area contributed by atoms with Crippen LogP contribution in [0.1, 0.15) is 19.0 Å². The summed E-state index contributed by atoms with van der Waals surface area (Å²) in [6.45, 7) is 2.06. The zero-order valence-electron chi connectivity index (χ0n) is 7.32. The number of fused-ring (bicyclic) bond motifs is 1. The molecule has 0 bridgehead atoms. The highest BCUT2D eigenvalue weighted by molar-refractivity contribution is 5.26. The van der Waals surface area contributed by atoms with Gasteiger partial charge in [0.1, 0.15) is 6.33 Å². The van der Waals surface area contributed by atoms with Gasteiger partial charge in [0.2, 0.25) is 5.78 Å². The number of nitrogens with one attached hydrogen (secondary N) is 1. The van der Waals surface area contributed by atoms with Crippen LogP contribution in [0.3, 0.4) is 0 Å². The van der Waals surface area contributed by atoms with E-state index >= 15 is 0 Å². The fourth-order valence-corrected chi connectivity index (χ4v) is 1.33. The summed E-state index contributed by atoms with van der Waals surface area (Å²) in [6, 6.07) is 1.56. The summed E-state index contributed by atoms with van der Waals surface area (Å²) >= 11 is 0. The second kappa shape index (κ2) is 3.01. The molecule has 0 atom stereocenters. The number of nitrogens with zero attached hydrogens (tertiary/aromatic N) is 3. The van der Waals surface area contributed by atoms with Gasteiger partial charge in [-0.25, -0.2) is 4.52 Å². The van der Waals surface area contributed by atoms with Crippen molar-refractivity contribution in [2.24, 2.45) is 0 Å². The number of aromatic amines is 1. The third-order valence-corrected chi connectivity index (χ3v) is 1.86. The van der Waals surface area contributed by atoms with Gasteiger partial charge in [-0.05, 0) is 6.42 Å². The number of H-pyrrole nitrogens is 1. The van der Waals surface area contributed by atoms with E-state index in [1.54, 1.807) is 10.6 Å². The third-order valence-electron chi connectivity index (χ3n) is 1.86. The van der Waals surface area contributed by atoms with Gasteiger partial charge in [-0.2, -0.15) is 10.1 Å². The van der Waals surface area contributed by atoms with Crippen molar-refractivity contribution in [3.8, 4) is 0 Å². The van der Waals surface area contributed by atoms with Crippen molar-refractivity contribution in [1.82, 2.24) is 19.6 Å². The largest absolute Gasteiger partial charge is 0.291 e. The van der Waals surface area contributed by atoms with Crippen molar-refractivity contribution in [3.05, 3.63) is 28.4 Å². The van der Waals surface area contributed by atoms with Crippen molar-refractivity contribution in [2.45, 2.75) is 19.8 Å². The Morgan fingerprint density at radius 2 is 2.46 bits per heavy atom. The van der Waals surface area contributed by atoms with E-state index in [4.69, 9.17) is 0 Å². The number of aromatic nitrogens is 4. The van der Waals surface area contributed by atoms with Crippen LogP contribution in [-0.4, -0.2) is 19.6 Å². The average molecular weight is 178 g/mol. The number of rotatable bonds is 2. The van der Waals surface area contributed by atoms with Gasteiger partial charge in [0.15, 0.2) is 0 Å². The van der Waals surface area contributed by atoms with Crippen LogP contribution in [0.15, 0.2) is 17.2 Å². The van der Waals surface area contributed by atoms with Crippen LogP contribution in [0.2, 0.25) is 0 Å². The van der Waals surface area contributed by atoms with Gasteiger partial charge < -0.3 is 0 Å². The van der Waals surface area contributed by atoms with Crippen molar-refractivity contribution in [1.29, 1.82) is 0 Å². The quantitative estimate of drug-likeness (QED) is 0.722. The van der Waals surface area contributed by atoms with E-state index in [0.717, 1.165) is 18.5 Å². The van der Waals surface area contributed by atoms with E-state index < -0.39 is 0 Å². The van der Waals surface area contributed by atoms with E-state index in [1.165, 1.54) is 6.33 Å². The maximum atomic E-state index is 11.1. The molecule has 0 radical (unpaired) electrons. The molecule has 2 aromatic rings. The average Bonchev–Trinajstić information content (AvgIpc) is 2.52. The summed E-state index contributed by atoms with van der Waals surface area (Å²) in [4.78, 5) is 17.7. The molecule has 0 aliphatic rings. The maximum Gasteiger partial charge on any atom is 0.252 e. The fraction of sp³-hybridized carbons (Fsp3) is 0.375. The predicted molar refractivity (Wildman–Crippen MR) is 47.6 cm³/mol. The van der Waals surface area contributed by atoms with E-state index in [0.29, 0.717) is 5.78 Å². The minimum absolute atomic E-state index is 0.121. The highest BCUT2D eigenvalue weighted by Gasteiger charge is 2.02. The summed E-state index contributed by atoms with van der Waals surface area (Å²) in [5.74, 6) is 0.510. The molecule has 0 saturated heterocycles. The smallest absolute Gasteiger partial charge is 0.252 e. The van der Waals surface area contributed by atoms with Crippen LogP contribution in [-0.2, 0) is 6.42 Å². The maximum absolute atomic E-state index is 11.1. The van der Waals surface area contributed by atoms with Crippen LogP contribution in [0.4, 0.5) is 0 Å². The summed E-state index contributed by atoms with van der Waals surface area (Å²) in [5.41, 5.74) is 0.780. The van der Waals surface area contributed by atoms with Gasteiger partial charge in [-0.3, -0.25) is 9.78 Å². The molecule has 0 fully saturated rings. The van der Waals surface area contributed by atoms with Gasteiger partial charge in [-0.15, -0.1) is 0 Å². The van der Waals surface area contributed by atoms with Crippen LogP contribution in [0.5, 0.6) is 0 Å². The molecule has 1 N–H and O–H groups in total. The summed E-state index contributed by atoms with van der Waals surface area (Å²) < 4.78 is 1.66. The molecule has 68 valence electrons. The molecule has 2 heterocycles. The molecule has 0 amide bonds. The first-order valence-corrected chi connectivity index (χ1v) is 4.23. The summed E-state index contributed by atoms with van der Waals surface area (Å²) in [7, 11) is 0. The zero-order valence-corrected chi connectivity index (χ0v) is 7.32. The molecule has 0 aromatic carbocycles. The normalized spacial score (nSPS) is 10.8. The Labute approximate surface area is 74.4 Å². The zero-order chi connectivity index (χ0) is 9.26. The molecule has 0 aliphatic heterocycles. The molecule has 5 heteroatoms. The minimum Gasteiger partial charge on any atom is -0.291 e. The summed E-state index contributed by atoms with van der Waals surface area (Å²) in [5, 5.41) is 4.01. The Bertz CT molecular complexity index is 470. The molecule has 0 spiro atoms. The van der Waals surface area contributed by atoms with Crippen molar-refractivity contribution < 1.29 is 0 Å². The Morgan fingerprint density at radius 1 is 1.62 bits per heavy atom. The Balaban J connectivity index is 2.70. The molecule has 2 aromatic heterocycles. The monoisotopic (exact) mass is 178 g/mol. The van der Waals surface area contributed by atoms with Crippen LogP contribution < -0.4 is 5.56 Å². The van der Waals surface area contributed by atoms with Crippen LogP contribution in [0.25, 0.3) is 5.78 Å². The topological polar surface area (TPSA) is 63.0 Å². The van der Waals surface area contributed by atoms with Crippen molar-refractivity contribution in [3.63, 3.8) is 0 Å². The lowest BCUT2D eigenvalue weighted by molar-refractivity contribution is 0.791. The first-order valence-electron chi connectivity index (χ1n) is 4.23. The van der Waals surface area contributed by atoms with Crippen LogP contribution >= 0.6 is 0 Å². The molecule has 13 heavy (non-hydrogen) atoms. The molecule has 5 nitrogen and oxygen atoms in total. The van der Waals surface area contributed by atoms with Gasteiger partial charge in [-0.1, -0.05) is 13.3 Å². The lowest BCUT2D eigenvalue weighted by Crippen LogP contribution is -2.12. The van der Waals surface area contributed by atoms with E-state index in [2.05, 4.69) is 22.0 Å². The molecular formula is C8H10N4O. The highest BCUT2D eigenvalue weighted by Crippen LogP contribution is 2.00. The van der Waals surface area contributed by atoms with E-state index in [-0.39, 0.29) is 5.56 Å². The highest BCUT2D eigenvalue weighted by atomic mass is 16.1. The molecule has 0 unspecified atom stereocenters. The molecule has 2 rings (SSSR count). The van der Waals surface area contributed by atoms with Crippen molar-refractivity contribution >= 4 is 5.78 Å². The van der Waals surface area contributed by atoms with Gasteiger partial charge in [0.05, 0.1) is 5.69 Å². The second-order valence-corrected chi connectivity index (χ2v) is 2.87. The molecule has 0 saturated carbocycles. The minimum atomic E-state index is -0.121. The Kier molecular flexibility index (Phi) is 1.84. The predicted octanol–water partition coefficient (Wildman–Crippen LogP) is 0.370. The second-order valence-electron chi connectivity index (χ2n) is 2.87. The van der Waals surface area contributed by atoms with Gasteiger partial charge in [0, 0.05) is 6.07 Å². The Morgan fingerprint density at radius 3 is 3.23 bits per heavy atom. The standard InChI is InChI=1S/C8H10N4O/c1-2-3-6-4-7(13)11-8-9-5-10-12(6)8/h4-5H,2-3H2,1H3,(H,9,10,11,13). The van der Waals surface area contributed by atoms with Crippen LogP contribution in [0, 0.1) is 0 Å². The lowest BCUT2D eigenvalue weighted by Gasteiger charge is -1.99. The number of hydrogen-bond donors (Lipinski definition) is 1. The lowest BCUT2D eigenvalue weighted by atomic mass is 10.2.